The van der Waals surface area contributed by atoms with E-state index in [4.69, 9.17) is 0 Å². The summed E-state index contributed by atoms with van der Waals surface area (Å²) in [6, 6.07) is 0. The summed E-state index contributed by atoms with van der Waals surface area (Å²) in [7, 11) is 0. The minimum atomic E-state index is 1.21. The van der Waals surface area contributed by atoms with Crippen LogP contribution in [0.25, 0.3) is 0 Å². The summed E-state index contributed by atoms with van der Waals surface area (Å²) in [4.78, 5) is 0. The Kier molecular flexibility index (Phi) is 1.00. The van der Waals surface area contributed by atoms with Crippen LogP contribution in [0, 0.1) is 23.7 Å². The molecule has 0 saturated heterocycles. The van der Waals surface area contributed by atoms with E-state index in [1.54, 1.807) is 38.5 Å². The first-order valence-electron chi connectivity index (χ1n) is 4.95. The van der Waals surface area contributed by atoms with Crippen LogP contribution in [0.2, 0.25) is 0 Å². The minimum Gasteiger partial charge on any atom is -0.0499 e. The molecule has 3 aliphatic carbocycles. The molecule has 0 heterocycles. The zero-order chi connectivity index (χ0) is 6.55. The monoisotopic (exact) mass is 136 g/mol. The van der Waals surface area contributed by atoms with Crippen LogP contribution < -0.4 is 0 Å². The lowest BCUT2D eigenvalue weighted by molar-refractivity contribution is 0.356. The van der Waals surface area contributed by atoms with E-state index in [0.717, 1.165) is 0 Å². The van der Waals surface area contributed by atoms with Gasteiger partial charge in [-0.1, -0.05) is 0 Å². The third-order valence-corrected chi connectivity index (χ3v) is 3.50. The average Bonchev–Trinajstić information content (AvgIpc) is 2.78. The molecular formula is C10H16. The molecule has 0 nitrogen and oxygen atoms in total. The van der Waals surface area contributed by atoms with Gasteiger partial charge in [-0.3, -0.25) is 0 Å². The summed E-state index contributed by atoms with van der Waals surface area (Å²) in [6.45, 7) is 0. The first-order valence-corrected chi connectivity index (χ1v) is 4.95. The molecule has 56 valence electrons. The largest absolute Gasteiger partial charge is 0.0499 e. The highest BCUT2D eigenvalue weighted by Crippen LogP contribution is 2.58. The Bertz CT molecular complexity index is 110. The lowest BCUT2D eigenvalue weighted by Crippen LogP contribution is -2.07. The normalized spacial score (nSPS) is 33.3. The number of rotatable bonds is 3. The molecule has 3 aliphatic rings. The highest BCUT2D eigenvalue weighted by atomic mass is 14.5. The predicted molar refractivity (Wildman–Crippen MR) is 41.7 cm³/mol. The Morgan fingerprint density at radius 2 is 0.900 bits per heavy atom. The molecular weight excluding hydrogens is 120 g/mol. The second-order valence-corrected chi connectivity index (χ2v) is 4.59. The molecule has 10 heavy (non-hydrogen) atoms. The van der Waals surface area contributed by atoms with Crippen molar-refractivity contribution >= 4 is 0 Å². The molecule has 0 aromatic carbocycles. The van der Waals surface area contributed by atoms with Crippen molar-refractivity contribution in [2.75, 3.05) is 0 Å². The van der Waals surface area contributed by atoms with Crippen molar-refractivity contribution in [2.45, 2.75) is 38.5 Å². The Labute approximate surface area is 63.0 Å². The molecule has 0 heteroatoms. The highest BCUT2D eigenvalue weighted by molar-refractivity contribution is 4.98. The van der Waals surface area contributed by atoms with E-state index in [1.807, 2.05) is 0 Å². The van der Waals surface area contributed by atoms with Gasteiger partial charge < -0.3 is 0 Å². The van der Waals surface area contributed by atoms with Gasteiger partial charge in [0.25, 0.3) is 0 Å². The molecule has 0 atom stereocenters. The molecule has 3 saturated carbocycles. The lowest BCUT2D eigenvalue weighted by Gasteiger charge is -2.12. The summed E-state index contributed by atoms with van der Waals surface area (Å²) >= 11 is 0. The van der Waals surface area contributed by atoms with Crippen LogP contribution in [-0.4, -0.2) is 0 Å². The zero-order valence-corrected chi connectivity index (χ0v) is 6.55. The maximum Gasteiger partial charge on any atom is -0.0329 e. The SMILES string of the molecule is C1CC1C(C1CC1)C1CC1. The van der Waals surface area contributed by atoms with Gasteiger partial charge in [0.1, 0.15) is 0 Å². The molecule has 0 aromatic rings. The van der Waals surface area contributed by atoms with Crippen molar-refractivity contribution < 1.29 is 0 Å². The molecule has 0 unspecified atom stereocenters. The highest BCUT2D eigenvalue weighted by Gasteiger charge is 2.48. The molecule has 0 radical (unpaired) electrons. The number of hydrogen-bond donors (Lipinski definition) is 0. The van der Waals surface area contributed by atoms with E-state index < -0.39 is 0 Å². The van der Waals surface area contributed by atoms with Gasteiger partial charge in [-0.15, -0.1) is 0 Å². The molecule has 3 fully saturated rings. The van der Waals surface area contributed by atoms with Crippen molar-refractivity contribution in [3.63, 3.8) is 0 Å². The Morgan fingerprint density at radius 3 is 1.10 bits per heavy atom. The van der Waals surface area contributed by atoms with Crippen LogP contribution in [0.3, 0.4) is 0 Å². The van der Waals surface area contributed by atoms with E-state index in [-0.39, 0.29) is 0 Å². The van der Waals surface area contributed by atoms with Gasteiger partial charge in [0.05, 0.1) is 0 Å². The van der Waals surface area contributed by atoms with E-state index in [0.29, 0.717) is 0 Å². The number of hydrogen-bond acceptors (Lipinski definition) is 0. The maximum absolute atomic E-state index is 1.58. The van der Waals surface area contributed by atoms with Crippen molar-refractivity contribution in [1.82, 2.24) is 0 Å². The van der Waals surface area contributed by atoms with Crippen molar-refractivity contribution in [3.8, 4) is 0 Å². The van der Waals surface area contributed by atoms with E-state index in [9.17, 15) is 0 Å². The third kappa shape index (κ3) is 0.889. The van der Waals surface area contributed by atoms with Crippen LogP contribution in [0.15, 0.2) is 0 Å². The molecule has 0 aromatic heterocycles. The van der Waals surface area contributed by atoms with Gasteiger partial charge >= 0.3 is 0 Å². The smallest absolute Gasteiger partial charge is 0.0329 e. The summed E-state index contributed by atoms with van der Waals surface area (Å²) in [6.07, 6.45) is 9.49. The second-order valence-electron chi connectivity index (χ2n) is 4.59. The Morgan fingerprint density at radius 1 is 0.600 bits per heavy atom. The van der Waals surface area contributed by atoms with E-state index in [1.165, 1.54) is 23.7 Å². The Balaban J connectivity index is 1.69. The fraction of sp³-hybridized carbons (Fsp3) is 1.00. The van der Waals surface area contributed by atoms with Crippen molar-refractivity contribution in [2.24, 2.45) is 23.7 Å². The predicted octanol–water partition coefficient (Wildman–Crippen LogP) is 2.83. The average molecular weight is 136 g/mol. The summed E-state index contributed by atoms with van der Waals surface area (Å²) in [5.41, 5.74) is 0. The molecule has 0 bridgehead atoms. The zero-order valence-electron chi connectivity index (χ0n) is 6.55. The standard InChI is InChI=1S/C10H16/c1-2-7(1)10(8-3-4-8)9-5-6-9/h7-10H,1-6H2. The minimum absolute atomic E-state index is 1.21. The van der Waals surface area contributed by atoms with Gasteiger partial charge in [-0.2, -0.15) is 0 Å². The summed E-state index contributed by atoms with van der Waals surface area (Å²) < 4.78 is 0. The second kappa shape index (κ2) is 1.78. The first kappa shape index (κ1) is 5.62. The van der Waals surface area contributed by atoms with E-state index >= 15 is 0 Å². The summed E-state index contributed by atoms with van der Waals surface area (Å²) in [5.74, 6) is 4.85. The Hall–Kier alpha value is 0. The molecule has 0 spiro atoms. The van der Waals surface area contributed by atoms with Crippen LogP contribution in [0.5, 0.6) is 0 Å². The van der Waals surface area contributed by atoms with Gasteiger partial charge in [0.15, 0.2) is 0 Å². The topological polar surface area (TPSA) is 0 Å². The quantitative estimate of drug-likeness (QED) is 0.559. The first-order chi connectivity index (χ1) is 4.95. The van der Waals surface area contributed by atoms with Crippen LogP contribution in [-0.2, 0) is 0 Å². The van der Waals surface area contributed by atoms with Crippen LogP contribution in [0.4, 0.5) is 0 Å². The van der Waals surface area contributed by atoms with Crippen molar-refractivity contribution in [3.05, 3.63) is 0 Å². The summed E-state index contributed by atoms with van der Waals surface area (Å²) in [5, 5.41) is 0. The maximum atomic E-state index is 1.58. The van der Waals surface area contributed by atoms with Crippen LogP contribution in [0.1, 0.15) is 38.5 Å². The van der Waals surface area contributed by atoms with Gasteiger partial charge in [-0.25, -0.2) is 0 Å². The fourth-order valence-corrected chi connectivity index (χ4v) is 2.60. The molecule has 3 rings (SSSR count). The van der Waals surface area contributed by atoms with E-state index in [2.05, 4.69) is 0 Å². The lowest BCUT2D eigenvalue weighted by atomic mass is 9.93. The third-order valence-electron chi connectivity index (χ3n) is 3.50. The van der Waals surface area contributed by atoms with Crippen molar-refractivity contribution in [1.29, 1.82) is 0 Å². The van der Waals surface area contributed by atoms with Gasteiger partial charge in [0.2, 0.25) is 0 Å². The van der Waals surface area contributed by atoms with Gasteiger partial charge in [0, 0.05) is 0 Å². The molecule has 0 amide bonds. The van der Waals surface area contributed by atoms with Crippen LogP contribution >= 0.6 is 0 Å². The molecule has 0 aliphatic heterocycles. The fourth-order valence-electron chi connectivity index (χ4n) is 2.60. The van der Waals surface area contributed by atoms with Gasteiger partial charge in [-0.05, 0) is 62.2 Å². The molecule has 0 N–H and O–H groups in total.